The zero-order chi connectivity index (χ0) is 21.1. The highest BCUT2D eigenvalue weighted by molar-refractivity contribution is 6.50. The maximum atomic E-state index is 15.4. The SMILES string of the molecule is CC=C(Cl)c1c(N2CCC(C)(N)C2)c(F)cc2c(=O)c(C(=O)O)cn(C3CC3)c12.Cl. The summed E-state index contributed by atoms with van der Waals surface area (Å²) >= 11 is 6.55. The highest BCUT2D eigenvalue weighted by atomic mass is 35.5. The van der Waals surface area contributed by atoms with Crippen molar-refractivity contribution in [2.45, 2.75) is 44.7 Å². The van der Waals surface area contributed by atoms with Crippen LogP contribution in [0.25, 0.3) is 15.9 Å². The van der Waals surface area contributed by atoms with Gasteiger partial charge in [-0.15, -0.1) is 12.4 Å². The van der Waals surface area contributed by atoms with Gasteiger partial charge in [0.15, 0.2) is 0 Å². The van der Waals surface area contributed by atoms with Crippen LogP contribution < -0.4 is 16.1 Å². The first kappa shape index (κ1) is 22.6. The predicted octanol–water partition coefficient (Wildman–Crippen LogP) is 4.12. The number of carboxylic acid groups (broad SMARTS) is 1. The van der Waals surface area contributed by atoms with E-state index in [2.05, 4.69) is 0 Å². The van der Waals surface area contributed by atoms with Crippen LogP contribution in [0.4, 0.5) is 10.1 Å². The van der Waals surface area contributed by atoms with Crippen LogP contribution in [0, 0.1) is 5.82 Å². The molecule has 1 aliphatic heterocycles. The lowest BCUT2D eigenvalue weighted by Gasteiger charge is -2.26. The number of allylic oxidation sites excluding steroid dienone is 1. The molecular weight excluding hydrogens is 432 g/mol. The topological polar surface area (TPSA) is 88.6 Å². The molecule has 4 rings (SSSR count). The molecule has 1 saturated heterocycles. The van der Waals surface area contributed by atoms with Crippen LogP contribution in [0.5, 0.6) is 0 Å². The number of nitrogens with two attached hydrogens (primary N) is 1. The number of fused-ring (bicyclic) bond motifs is 1. The fourth-order valence-corrected chi connectivity index (χ4v) is 4.31. The zero-order valence-electron chi connectivity index (χ0n) is 16.7. The lowest BCUT2D eigenvalue weighted by Crippen LogP contribution is -2.39. The van der Waals surface area contributed by atoms with Gasteiger partial charge < -0.3 is 20.3 Å². The van der Waals surface area contributed by atoms with Crippen molar-refractivity contribution in [3.05, 3.63) is 45.5 Å². The molecule has 1 atom stereocenters. The van der Waals surface area contributed by atoms with Crippen molar-refractivity contribution in [3.63, 3.8) is 0 Å². The van der Waals surface area contributed by atoms with E-state index in [-0.39, 0.29) is 29.4 Å². The van der Waals surface area contributed by atoms with Gasteiger partial charge in [-0.25, -0.2) is 9.18 Å². The summed E-state index contributed by atoms with van der Waals surface area (Å²) in [5, 5.41) is 9.81. The minimum Gasteiger partial charge on any atom is -0.477 e. The largest absolute Gasteiger partial charge is 0.477 e. The number of benzene rings is 1. The zero-order valence-corrected chi connectivity index (χ0v) is 18.3. The predicted molar refractivity (Wildman–Crippen MR) is 120 cm³/mol. The maximum Gasteiger partial charge on any atom is 0.341 e. The highest BCUT2D eigenvalue weighted by Crippen LogP contribution is 2.44. The molecule has 2 fully saturated rings. The Hall–Kier alpha value is -2.09. The van der Waals surface area contributed by atoms with Gasteiger partial charge in [-0.05, 0) is 39.2 Å². The molecule has 30 heavy (non-hydrogen) atoms. The minimum atomic E-state index is -1.33. The molecule has 9 heteroatoms. The summed E-state index contributed by atoms with van der Waals surface area (Å²) in [6, 6.07) is 1.21. The van der Waals surface area contributed by atoms with Crippen LogP contribution in [0.3, 0.4) is 0 Å². The van der Waals surface area contributed by atoms with E-state index >= 15 is 4.39 Å². The van der Waals surface area contributed by atoms with Gasteiger partial charge in [-0.2, -0.15) is 0 Å². The standard InChI is InChI=1S/C21H23ClFN3O3.ClH/c1-3-14(22)16-17-12(8-15(23)18(16)25-7-6-21(2,24)10-25)19(27)13(20(28)29)9-26(17)11-4-5-11;/h3,8-9,11H,4-7,10,24H2,1-2H3,(H,28,29);1H. The third kappa shape index (κ3) is 3.70. The van der Waals surface area contributed by atoms with Gasteiger partial charge >= 0.3 is 5.97 Å². The van der Waals surface area contributed by atoms with Crippen LogP contribution in [0.15, 0.2) is 23.1 Å². The average Bonchev–Trinajstić information content (AvgIpc) is 3.43. The first-order valence-corrected chi connectivity index (χ1v) is 10.0. The fourth-order valence-electron chi connectivity index (χ4n) is 4.13. The molecule has 0 radical (unpaired) electrons. The van der Waals surface area contributed by atoms with E-state index in [1.807, 2.05) is 11.8 Å². The molecule has 2 heterocycles. The Balaban J connectivity index is 0.00000256. The normalized spacial score (nSPS) is 21.8. The molecule has 1 unspecified atom stereocenters. The van der Waals surface area contributed by atoms with Gasteiger partial charge in [-0.1, -0.05) is 17.7 Å². The Morgan fingerprint density at radius 3 is 2.60 bits per heavy atom. The van der Waals surface area contributed by atoms with Crippen LogP contribution in [-0.2, 0) is 0 Å². The van der Waals surface area contributed by atoms with Gasteiger partial charge in [0, 0.05) is 41.5 Å². The molecule has 0 bridgehead atoms. The number of carboxylic acids is 1. The first-order chi connectivity index (χ1) is 13.6. The monoisotopic (exact) mass is 455 g/mol. The second-order valence-corrected chi connectivity index (χ2v) is 8.66. The average molecular weight is 456 g/mol. The van der Waals surface area contributed by atoms with Crippen molar-refractivity contribution in [2.24, 2.45) is 5.73 Å². The molecule has 1 aromatic heterocycles. The smallest absolute Gasteiger partial charge is 0.341 e. The lowest BCUT2D eigenvalue weighted by molar-refractivity contribution is 0.0695. The number of carbonyl (C=O) groups is 1. The van der Waals surface area contributed by atoms with E-state index in [1.54, 1.807) is 17.6 Å². The number of aromatic carboxylic acids is 1. The number of nitrogens with zero attached hydrogens (tertiary/aromatic N) is 2. The van der Waals surface area contributed by atoms with E-state index in [0.29, 0.717) is 41.3 Å². The summed E-state index contributed by atoms with van der Waals surface area (Å²) in [4.78, 5) is 26.3. The molecule has 2 aromatic rings. The second-order valence-electron chi connectivity index (χ2n) is 8.26. The van der Waals surface area contributed by atoms with E-state index in [9.17, 15) is 14.7 Å². The Bertz CT molecular complexity index is 1120. The van der Waals surface area contributed by atoms with Crippen LogP contribution >= 0.6 is 24.0 Å². The number of hydrogen-bond acceptors (Lipinski definition) is 4. The van der Waals surface area contributed by atoms with Crippen molar-refractivity contribution in [1.29, 1.82) is 0 Å². The Labute approximate surface area is 184 Å². The third-order valence-corrected chi connectivity index (χ3v) is 6.13. The molecule has 0 amide bonds. The third-order valence-electron chi connectivity index (χ3n) is 5.73. The van der Waals surface area contributed by atoms with E-state index in [0.717, 1.165) is 18.9 Å². The lowest BCUT2D eigenvalue weighted by atomic mass is 10.0. The molecule has 1 aliphatic carbocycles. The summed E-state index contributed by atoms with van der Waals surface area (Å²) in [5.74, 6) is -1.93. The van der Waals surface area contributed by atoms with Gasteiger partial charge in [0.05, 0.1) is 16.6 Å². The van der Waals surface area contributed by atoms with Gasteiger partial charge in [0.25, 0.3) is 0 Å². The summed E-state index contributed by atoms with van der Waals surface area (Å²) in [6.45, 7) is 4.68. The van der Waals surface area contributed by atoms with Crippen LogP contribution in [0.2, 0.25) is 0 Å². The minimum absolute atomic E-state index is 0. The molecule has 0 spiro atoms. The number of anilines is 1. The number of halogens is 3. The first-order valence-electron chi connectivity index (χ1n) is 9.65. The quantitative estimate of drug-likeness (QED) is 0.723. The summed E-state index contributed by atoms with van der Waals surface area (Å²) in [6.07, 6.45) is 5.45. The Morgan fingerprint density at radius 1 is 1.43 bits per heavy atom. The molecule has 1 aromatic carbocycles. The molecule has 1 saturated carbocycles. The Morgan fingerprint density at radius 2 is 2.10 bits per heavy atom. The van der Waals surface area contributed by atoms with Gasteiger partial charge in [0.1, 0.15) is 11.4 Å². The number of aromatic nitrogens is 1. The molecular formula is C21H24Cl2FN3O3. The molecule has 6 nitrogen and oxygen atoms in total. The number of rotatable bonds is 4. The van der Waals surface area contributed by atoms with E-state index < -0.39 is 22.8 Å². The van der Waals surface area contributed by atoms with Crippen LogP contribution in [-0.4, -0.2) is 34.3 Å². The fraction of sp³-hybridized carbons (Fsp3) is 0.429. The summed E-state index contributed by atoms with van der Waals surface area (Å²) in [5.41, 5.74) is 5.94. The maximum absolute atomic E-state index is 15.4. The van der Waals surface area contributed by atoms with E-state index in [1.165, 1.54) is 6.20 Å². The summed E-state index contributed by atoms with van der Waals surface area (Å²) < 4.78 is 17.2. The number of pyridine rings is 1. The van der Waals surface area contributed by atoms with Crippen molar-refractivity contribution in [2.75, 3.05) is 18.0 Å². The second kappa shape index (κ2) is 7.87. The molecule has 2 aliphatic rings. The van der Waals surface area contributed by atoms with Crippen molar-refractivity contribution < 1.29 is 14.3 Å². The molecule has 3 N–H and O–H groups in total. The summed E-state index contributed by atoms with van der Waals surface area (Å²) in [7, 11) is 0. The van der Waals surface area contributed by atoms with E-state index in [4.69, 9.17) is 17.3 Å². The van der Waals surface area contributed by atoms with Gasteiger partial charge in [-0.3, -0.25) is 4.79 Å². The number of hydrogen-bond donors (Lipinski definition) is 2. The Kier molecular flexibility index (Phi) is 5.93. The van der Waals surface area contributed by atoms with Crippen molar-refractivity contribution >= 4 is 51.6 Å². The molecule has 162 valence electrons. The van der Waals surface area contributed by atoms with Crippen LogP contribution in [0.1, 0.15) is 55.1 Å². The highest BCUT2D eigenvalue weighted by Gasteiger charge is 2.35. The van der Waals surface area contributed by atoms with Crippen molar-refractivity contribution in [3.8, 4) is 0 Å². The van der Waals surface area contributed by atoms with Crippen molar-refractivity contribution in [1.82, 2.24) is 4.57 Å². The van der Waals surface area contributed by atoms with Gasteiger partial charge in [0.2, 0.25) is 5.43 Å².